The van der Waals surface area contributed by atoms with Crippen LogP contribution in [0.2, 0.25) is 0 Å². The summed E-state index contributed by atoms with van der Waals surface area (Å²) < 4.78 is 0. The summed E-state index contributed by atoms with van der Waals surface area (Å²) in [6, 6.07) is 2.30. The molecule has 0 aromatic carbocycles. The molecule has 2 heterocycles. The number of rotatable bonds is 6. The fraction of sp³-hybridized carbons (Fsp3) is 0.611. The molecule has 130 valence electrons. The molecule has 0 spiro atoms. The van der Waals surface area contributed by atoms with Gasteiger partial charge < -0.3 is 10.3 Å². The molecule has 1 fully saturated rings. The Hall–Kier alpha value is -2.13. The third-order valence-corrected chi connectivity index (χ3v) is 4.88. The Morgan fingerprint density at radius 3 is 2.67 bits per heavy atom. The van der Waals surface area contributed by atoms with E-state index in [0.29, 0.717) is 31.0 Å². The smallest absolute Gasteiger partial charge is 0.266 e. The van der Waals surface area contributed by atoms with Crippen LogP contribution in [0.1, 0.15) is 48.6 Å². The maximum absolute atomic E-state index is 12.1. The van der Waals surface area contributed by atoms with E-state index in [2.05, 4.69) is 22.1 Å². The van der Waals surface area contributed by atoms with Crippen LogP contribution in [0.4, 0.5) is 0 Å². The van der Waals surface area contributed by atoms with Gasteiger partial charge in [0.05, 0.1) is 0 Å². The number of H-pyrrole nitrogens is 1. The molecule has 24 heavy (non-hydrogen) atoms. The monoisotopic (exact) mass is 330 g/mol. The van der Waals surface area contributed by atoms with E-state index in [1.165, 1.54) is 12.8 Å². The Morgan fingerprint density at radius 1 is 1.38 bits per heavy atom. The van der Waals surface area contributed by atoms with Crippen molar-refractivity contribution in [2.45, 2.75) is 52.5 Å². The van der Waals surface area contributed by atoms with Crippen molar-refractivity contribution in [1.82, 2.24) is 15.2 Å². The number of pyridine rings is 1. The number of carbonyl (C=O) groups excluding carboxylic acids is 1. The molecule has 0 saturated carbocycles. The Morgan fingerprint density at radius 2 is 2.04 bits per heavy atom. The number of nitrogens with one attached hydrogen (secondary N) is 2. The average molecular weight is 330 g/mol. The first-order valence-corrected chi connectivity index (χ1v) is 8.57. The third kappa shape index (κ3) is 4.24. The van der Waals surface area contributed by atoms with Gasteiger partial charge in [-0.05, 0) is 64.3 Å². The highest BCUT2D eigenvalue weighted by molar-refractivity contribution is 5.76. The molecule has 1 aromatic heterocycles. The summed E-state index contributed by atoms with van der Waals surface area (Å²) in [6.07, 6.45) is 3.35. The zero-order valence-corrected chi connectivity index (χ0v) is 14.7. The minimum absolute atomic E-state index is 0.00422. The standard InChI is InChI=1S/C18H26N4O2/c1-12(22-8-4-5-9-22)11-20-17(23)7-6-15-13(2)16(10-19)18(24)21-14(15)3/h12H,4-9,11H2,1-3H3,(H,20,23)(H,21,24)/t12-/m0/s1. The van der Waals surface area contributed by atoms with Crippen LogP contribution in [0.25, 0.3) is 0 Å². The van der Waals surface area contributed by atoms with Crippen molar-refractivity contribution in [3.05, 3.63) is 32.7 Å². The minimum atomic E-state index is -0.361. The lowest BCUT2D eigenvalue weighted by Gasteiger charge is -2.23. The van der Waals surface area contributed by atoms with Crippen LogP contribution in [0.3, 0.4) is 0 Å². The van der Waals surface area contributed by atoms with E-state index in [4.69, 9.17) is 5.26 Å². The number of likely N-dealkylation sites (tertiary alicyclic amines) is 1. The van der Waals surface area contributed by atoms with Crippen molar-refractivity contribution < 1.29 is 4.79 Å². The molecule has 0 unspecified atom stereocenters. The highest BCUT2D eigenvalue weighted by Gasteiger charge is 2.18. The molecule has 1 aliphatic rings. The molecule has 1 atom stereocenters. The maximum atomic E-state index is 12.1. The lowest BCUT2D eigenvalue weighted by Crippen LogP contribution is -2.40. The first-order chi connectivity index (χ1) is 11.4. The van der Waals surface area contributed by atoms with Gasteiger partial charge in [-0.3, -0.25) is 14.5 Å². The third-order valence-electron chi connectivity index (χ3n) is 4.88. The fourth-order valence-corrected chi connectivity index (χ4v) is 3.32. The number of hydrogen-bond donors (Lipinski definition) is 2. The molecule has 1 aromatic rings. The number of nitriles is 1. The highest BCUT2D eigenvalue weighted by Crippen LogP contribution is 2.15. The molecule has 0 bridgehead atoms. The Bertz CT molecular complexity index is 696. The van der Waals surface area contributed by atoms with Crippen LogP contribution in [0.5, 0.6) is 0 Å². The SMILES string of the molecule is Cc1[nH]c(=O)c(C#N)c(C)c1CCC(=O)NC[C@H](C)N1CCCC1. The van der Waals surface area contributed by atoms with Gasteiger partial charge in [0, 0.05) is 24.7 Å². The molecule has 6 heteroatoms. The average Bonchev–Trinajstić information content (AvgIpc) is 3.07. The molecular formula is C18H26N4O2. The molecule has 2 rings (SSSR count). The van der Waals surface area contributed by atoms with E-state index >= 15 is 0 Å². The van der Waals surface area contributed by atoms with Crippen LogP contribution in [0.15, 0.2) is 4.79 Å². The first kappa shape index (κ1) is 18.2. The van der Waals surface area contributed by atoms with E-state index in [9.17, 15) is 9.59 Å². The van der Waals surface area contributed by atoms with Gasteiger partial charge in [-0.1, -0.05) is 0 Å². The number of carbonyl (C=O) groups is 1. The summed E-state index contributed by atoms with van der Waals surface area (Å²) in [5.41, 5.74) is 2.07. The number of hydrogen-bond acceptors (Lipinski definition) is 4. The molecule has 6 nitrogen and oxygen atoms in total. The number of amides is 1. The van der Waals surface area contributed by atoms with Crippen molar-refractivity contribution in [2.75, 3.05) is 19.6 Å². The second kappa shape index (κ2) is 8.11. The van der Waals surface area contributed by atoms with Gasteiger partial charge in [0.15, 0.2) is 0 Å². The topological polar surface area (TPSA) is 89.0 Å². The predicted molar refractivity (Wildman–Crippen MR) is 92.9 cm³/mol. The molecule has 2 N–H and O–H groups in total. The number of nitrogens with zero attached hydrogens (tertiary/aromatic N) is 2. The molecule has 1 saturated heterocycles. The van der Waals surface area contributed by atoms with Crippen molar-refractivity contribution >= 4 is 5.91 Å². The van der Waals surface area contributed by atoms with E-state index < -0.39 is 0 Å². The van der Waals surface area contributed by atoms with Crippen LogP contribution in [-0.2, 0) is 11.2 Å². The van der Waals surface area contributed by atoms with Gasteiger partial charge in [-0.25, -0.2) is 0 Å². The summed E-state index contributed by atoms with van der Waals surface area (Å²) in [5, 5.41) is 12.1. The second-order valence-electron chi connectivity index (χ2n) is 6.57. The molecule has 0 radical (unpaired) electrons. The lowest BCUT2D eigenvalue weighted by atomic mass is 9.99. The molecule has 1 aliphatic heterocycles. The zero-order valence-electron chi connectivity index (χ0n) is 14.7. The molecular weight excluding hydrogens is 304 g/mol. The Balaban J connectivity index is 1.90. The van der Waals surface area contributed by atoms with E-state index in [0.717, 1.165) is 24.3 Å². The van der Waals surface area contributed by atoms with Crippen LogP contribution in [-0.4, -0.2) is 41.5 Å². The van der Waals surface area contributed by atoms with Crippen LogP contribution in [0, 0.1) is 25.2 Å². The van der Waals surface area contributed by atoms with E-state index in [-0.39, 0.29) is 17.0 Å². The largest absolute Gasteiger partial charge is 0.355 e. The van der Waals surface area contributed by atoms with Crippen molar-refractivity contribution in [2.24, 2.45) is 0 Å². The zero-order chi connectivity index (χ0) is 17.7. The predicted octanol–water partition coefficient (Wildman–Crippen LogP) is 1.40. The fourth-order valence-electron chi connectivity index (χ4n) is 3.32. The Kier molecular flexibility index (Phi) is 6.16. The van der Waals surface area contributed by atoms with Crippen LogP contribution < -0.4 is 10.9 Å². The normalized spacial score (nSPS) is 15.9. The lowest BCUT2D eigenvalue weighted by molar-refractivity contribution is -0.121. The summed E-state index contributed by atoms with van der Waals surface area (Å²) in [6.45, 7) is 8.60. The van der Waals surface area contributed by atoms with E-state index in [1.54, 1.807) is 13.8 Å². The summed E-state index contributed by atoms with van der Waals surface area (Å²) in [7, 11) is 0. The molecule has 1 amide bonds. The summed E-state index contributed by atoms with van der Waals surface area (Å²) in [5.74, 6) is 0.00422. The van der Waals surface area contributed by atoms with Gasteiger partial charge >= 0.3 is 0 Å². The summed E-state index contributed by atoms with van der Waals surface area (Å²) >= 11 is 0. The maximum Gasteiger partial charge on any atom is 0.266 e. The minimum Gasteiger partial charge on any atom is -0.355 e. The molecule has 0 aliphatic carbocycles. The quantitative estimate of drug-likeness (QED) is 0.825. The first-order valence-electron chi connectivity index (χ1n) is 8.57. The van der Waals surface area contributed by atoms with Crippen molar-refractivity contribution in [1.29, 1.82) is 5.26 Å². The van der Waals surface area contributed by atoms with Crippen molar-refractivity contribution in [3.8, 4) is 6.07 Å². The number of aryl methyl sites for hydroxylation is 1. The van der Waals surface area contributed by atoms with E-state index in [1.807, 2.05) is 6.07 Å². The second-order valence-corrected chi connectivity index (χ2v) is 6.57. The van der Waals surface area contributed by atoms with Crippen LogP contribution >= 0.6 is 0 Å². The highest BCUT2D eigenvalue weighted by atomic mass is 16.1. The summed E-state index contributed by atoms with van der Waals surface area (Å²) in [4.78, 5) is 28.9. The number of aromatic amines is 1. The Labute approximate surface area is 142 Å². The van der Waals surface area contributed by atoms with Gasteiger partial charge in [0.1, 0.15) is 11.6 Å². The van der Waals surface area contributed by atoms with Crippen molar-refractivity contribution in [3.63, 3.8) is 0 Å². The van der Waals surface area contributed by atoms with Gasteiger partial charge in [0.2, 0.25) is 5.91 Å². The van der Waals surface area contributed by atoms with Gasteiger partial charge in [-0.15, -0.1) is 0 Å². The van der Waals surface area contributed by atoms with Gasteiger partial charge in [0.25, 0.3) is 5.56 Å². The van der Waals surface area contributed by atoms with Gasteiger partial charge in [-0.2, -0.15) is 5.26 Å². The number of aromatic nitrogens is 1.